The van der Waals surface area contributed by atoms with E-state index in [0.717, 1.165) is 45.1 Å². The lowest BCUT2D eigenvalue weighted by molar-refractivity contribution is -0.131. The van der Waals surface area contributed by atoms with Crippen molar-refractivity contribution in [2.24, 2.45) is 4.99 Å². The number of aryl methyl sites for hydroxylation is 1. The van der Waals surface area contributed by atoms with Crippen molar-refractivity contribution >= 4 is 11.9 Å². The molecule has 0 aliphatic carbocycles. The van der Waals surface area contributed by atoms with Crippen molar-refractivity contribution in [3.8, 4) is 0 Å². The van der Waals surface area contributed by atoms with E-state index in [4.69, 9.17) is 4.74 Å². The molecule has 4 rings (SSSR count). The summed E-state index contributed by atoms with van der Waals surface area (Å²) < 4.78 is 6.04. The summed E-state index contributed by atoms with van der Waals surface area (Å²) in [5, 5.41) is 3.44. The molecule has 2 aromatic rings. The minimum absolute atomic E-state index is 0.0480. The van der Waals surface area contributed by atoms with Crippen LogP contribution in [0.2, 0.25) is 0 Å². The number of guanidine groups is 1. The van der Waals surface area contributed by atoms with E-state index in [2.05, 4.69) is 58.5 Å². The molecule has 1 atom stereocenters. The van der Waals surface area contributed by atoms with Crippen LogP contribution >= 0.6 is 0 Å². The number of hydrogen-bond donors (Lipinski definition) is 1. The summed E-state index contributed by atoms with van der Waals surface area (Å²) in [6, 6.07) is 16.7. The van der Waals surface area contributed by atoms with E-state index in [1.807, 2.05) is 24.1 Å². The predicted octanol–water partition coefficient (Wildman–Crippen LogP) is 3.27. The largest absolute Gasteiger partial charge is 0.370 e. The molecular weight excluding hydrogens is 388 g/mol. The van der Waals surface area contributed by atoms with Crippen molar-refractivity contribution < 1.29 is 9.53 Å². The molecule has 0 bridgehead atoms. The third-order valence-corrected chi connectivity index (χ3v) is 6.16. The summed E-state index contributed by atoms with van der Waals surface area (Å²) in [5.74, 6) is 1.10. The smallest absolute Gasteiger partial charge is 0.223 e. The van der Waals surface area contributed by atoms with Crippen LogP contribution in [-0.2, 0) is 22.6 Å². The van der Waals surface area contributed by atoms with Gasteiger partial charge in [-0.1, -0.05) is 48.5 Å². The Balaban J connectivity index is 1.23. The zero-order chi connectivity index (χ0) is 21.6. The molecule has 1 saturated heterocycles. The maximum atomic E-state index is 12.6. The topological polar surface area (TPSA) is 57.2 Å². The average Bonchev–Trinajstić information content (AvgIpc) is 3.24. The quantitative estimate of drug-likeness (QED) is 0.458. The second-order valence-corrected chi connectivity index (χ2v) is 8.26. The zero-order valence-corrected chi connectivity index (χ0v) is 18.5. The highest BCUT2D eigenvalue weighted by molar-refractivity contribution is 5.80. The Hall–Kier alpha value is -2.86. The fourth-order valence-corrected chi connectivity index (χ4v) is 4.42. The molecule has 6 heteroatoms. The fraction of sp³-hybridized carbons (Fsp3) is 0.440. The standard InChI is InChI=1S/C25H32N4O2/c1-19-8-3-6-11-22(19)23-18-28(14-15-31-23)25(26-2)27-13-7-12-24(30)29-16-20-9-4-5-10-21(20)17-29/h3-6,8-11,23H,7,12-18H2,1-2H3,(H,26,27). The third-order valence-electron chi connectivity index (χ3n) is 6.16. The van der Waals surface area contributed by atoms with Gasteiger partial charge in [0.25, 0.3) is 0 Å². The van der Waals surface area contributed by atoms with Crippen molar-refractivity contribution in [2.45, 2.75) is 39.0 Å². The summed E-state index contributed by atoms with van der Waals surface area (Å²) in [4.78, 5) is 21.3. The van der Waals surface area contributed by atoms with Crippen LogP contribution in [0, 0.1) is 6.92 Å². The summed E-state index contributed by atoms with van der Waals surface area (Å²) in [7, 11) is 1.81. The normalized spacial score (nSPS) is 18.8. The molecule has 2 aliphatic heterocycles. The molecule has 0 saturated carbocycles. The van der Waals surface area contributed by atoms with Gasteiger partial charge in [-0.2, -0.15) is 0 Å². The van der Waals surface area contributed by atoms with Crippen LogP contribution in [0.5, 0.6) is 0 Å². The first-order valence-corrected chi connectivity index (χ1v) is 11.1. The number of nitrogens with zero attached hydrogens (tertiary/aromatic N) is 3. The molecule has 2 aliphatic rings. The van der Waals surface area contributed by atoms with Gasteiger partial charge in [-0.15, -0.1) is 0 Å². The summed E-state index contributed by atoms with van der Waals surface area (Å²) >= 11 is 0. The van der Waals surface area contributed by atoms with Gasteiger partial charge in [-0.25, -0.2) is 0 Å². The molecule has 0 aromatic heterocycles. The molecule has 1 unspecified atom stereocenters. The highest BCUT2D eigenvalue weighted by Gasteiger charge is 2.25. The Bertz CT molecular complexity index is 918. The van der Waals surface area contributed by atoms with E-state index in [1.54, 1.807) is 0 Å². The van der Waals surface area contributed by atoms with Gasteiger partial charge in [-0.05, 0) is 35.6 Å². The predicted molar refractivity (Wildman–Crippen MR) is 123 cm³/mol. The summed E-state index contributed by atoms with van der Waals surface area (Å²) in [6.07, 6.45) is 1.38. The van der Waals surface area contributed by atoms with E-state index >= 15 is 0 Å². The maximum absolute atomic E-state index is 12.6. The zero-order valence-electron chi connectivity index (χ0n) is 18.5. The van der Waals surface area contributed by atoms with Gasteiger partial charge in [0.1, 0.15) is 6.10 Å². The van der Waals surface area contributed by atoms with Crippen molar-refractivity contribution in [3.63, 3.8) is 0 Å². The van der Waals surface area contributed by atoms with Crippen molar-refractivity contribution in [1.29, 1.82) is 0 Å². The average molecular weight is 421 g/mol. The van der Waals surface area contributed by atoms with E-state index < -0.39 is 0 Å². The van der Waals surface area contributed by atoms with Gasteiger partial charge in [0.05, 0.1) is 13.2 Å². The van der Waals surface area contributed by atoms with Gasteiger partial charge < -0.3 is 19.9 Å². The SMILES string of the molecule is CN=C(NCCCC(=O)N1Cc2ccccc2C1)N1CCOC(c2ccccc2C)C1. The number of aliphatic imine (C=N–C) groups is 1. The Kier molecular flexibility index (Phi) is 6.87. The van der Waals surface area contributed by atoms with Crippen molar-refractivity contribution in [3.05, 3.63) is 70.8 Å². The number of morpholine rings is 1. The van der Waals surface area contributed by atoms with E-state index in [0.29, 0.717) is 13.0 Å². The number of fused-ring (bicyclic) bond motifs is 1. The number of carbonyl (C=O) groups is 1. The molecule has 31 heavy (non-hydrogen) atoms. The maximum Gasteiger partial charge on any atom is 0.223 e. The molecule has 0 radical (unpaired) electrons. The molecule has 0 spiro atoms. The number of benzene rings is 2. The van der Waals surface area contributed by atoms with E-state index in [-0.39, 0.29) is 12.0 Å². The number of amides is 1. The Morgan fingerprint density at radius 2 is 1.81 bits per heavy atom. The van der Waals surface area contributed by atoms with Gasteiger partial charge in [-0.3, -0.25) is 9.79 Å². The molecule has 1 N–H and O–H groups in total. The van der Waals surface area contributed by atoms with Crippen molar-refractivity contribution in [2.75, 3.05) is 33.3 Å². The summed E-state index contributed by atoms with van der Waals surface area (Å²) in [6.45, 7) is 6.58. The fourth-order valence-electron chi connectivity index (χ4n) is 4.42. The molecular formula is C25H32N4O2. The van der Waals surface area contributed by atoms with Crippen LogP contribution < -0.4 is 5.32 Å². The summed E-state index contributed by atoms with van der Waals surface area (Å²) in [5.41, 5.74) is 5.02. The number of carbonyl (C=O) groups excluding carboxylic acids is 1. The highest BCUT2D eigenvalue weighted by atomic mass is 16.5. The molecule has 1 amide bonds. The third kappa shape index (κ3) is 5.07. The van der Waals surface area contributed by atoms with Gasteiger partial charge in [0, 0.05) is 39.6 Å². The number of ether oxygens (including phenoxy) is 1. The van der Waals surface area contributed by atoms with Crippen LogP contribution in [0.1, 0.15) is 41.2 Å². The van der Waals surface area contributed by atoms with Gasteiger partial charge in [0.15, 0.2) is 5.96 Å². The lowest BCUT2D eigenvalue weighted by Crippen LogP contribution is -2.48. The number of rotatable bonds is 5. The van der Waals surface area contributed by atoms with Crippen LogP contribution in [0.3, 0.4) is 0 Å². The Morgan fingerprint density at radius 1 is 1.10 bits per heavy atom. The number of hydrogen-bond acceptors (Lipinski definition) is 3. The first-order valence-electron chi connectivity index (χ1n) is 11.1. The van der Waals surface area contributed by atoms with Gasteiger partial charge in [0.2, 0.25) is 5.91 Å². The molecule has 6 nitrogen and oxygen atoms in total. The van der Waals surface area contributed by atoms with Crippen LogP contribution in [0.15, 0.2) is 53.5 Å². The molecule has 2 aromatic carbocycles. The van der Waals surface area contributed by atoms with Crippen molar-refractivity contribution in [1.82, 2.24) is 15.1 Å². The molecule has 1 fully saturated rings. The van der Waals surface area contributed by atoms with E-state index in [1.165, 1.54) is 22.3 Å². The monoisotopic (exact) mass is 420 g/mol. The number of nitrogens with one attached hydrogen (secondary N) is 1. The van der Waals surface area contributed by atoms with Crippen LogP contribution in [-0.4, -0.2) is 55.0 Å². The van der Waals surface area contributed by atoms with Gasteiger partial charge >= 0.3 is 0 Å². The molecule has 2 heterocycles. The van der Waals surface area contributed by atoms with Crippen LogP contribution in [0.25, 0.3) is 0 Å². The molecule has 164 valence electrons. The van der Waals surface area contributed by atoms with Crippen LogP contribution in [0.4, 0.5) is 0 Å². The second-order valence-electron chi connectivity index (χ2n) is 8.26. The minimum atomic E-state index is 0.0480. The minimum Gasteiger partial charge on any atom is -0.370 e. The lowest BCUT2D eigenvalue weighted by Gasteiger charge is -2.35. The Morgan fingerprint density at radius 3 is 2.52 bits per heavy atom. The Labute approximate surface area is 184 Å². The first-order chi connectivity index (χ1) is 15.2. The highest BCUT2D eigenvalue weighted by Crippen LogP contribution is 2.25. The second kappa shape index (κ2) is 9.96. The lowest BCUT2D eigenvalue weighted by atomic mass is 10.0. The first kappa shape index (κ1) is 21.4. The van der Waals surface area contributed by atoms with E-state index in [9.17, 15) is 4.79 Å².